The first kappa shape index (κ1) is 16.7. The molecule has 2 rings (SSSR count). The lowest BCUT2D eigenvalue weighted by atomic mass is 9.99. The fourth-order valence-corrected chi connectivity index (χ4v) is 3.06. The molecule has 0 spiro atoms. The van der Waals surface area contributed by atoms with Crippen molar-refractivity contribution in [1.82, 2.24) is 4.90 Å². The molecule has 0 aromatic heterocycles. The summed E-state index contributed by atoms with van der Waals surface area (Å²) in [6, 6.07) is 3.52. The molecule has 122 valence electrons. The van der Waals surface area contributed by atoms with Gasteiger partial charge < -0.3 is 10.2 Å². The van der Waals surface area contributed by atoms with Crippen molar-refractivity contribution in [3.05, 3.63) is 24.0 Å². The second-order valence-electron chi connectivity index (χ2n) is 5.83. The highest BCUT2D eigenvalue weighted by Gasteiger charge is 2.20. The molecule has 1 amide bonds. The van der Waals surface area contributed by atoms with Crippen LogP contribution in [0.4, 0.5) is 10.1 Å². The first-order valence-electron chi connectivity index (χ1n) is 7.28. The summed E-state index contributed by atoms with van der Waals surface area (Å²) < 4.78 is 36.7. The molecular weight excluding hydrogens is 307 g/mol. The maximum atomic E-state index is 13.7. The van der Waals surface area contributed by atoms with E-state index in [1.807, 2.05) is 0 Å². The van der Waals surface area contributed by atoms with Gasteiger partial charge in [-0.15, -0.1) is 0 Å². The summed E-state index contributed by atoms with van der Waals surface area (Å²) in [5, 5.41) is 2.70. The van der Waals surface area contributed by atoms with E-state index in [1.165, 1.54) is 12.1 Å². The smallest absolute Gasteiger partial charge is 0.241 e. The number of carbonyl (C=O) groups is 1. The number of rotatable bonds is 4. The van der Waals surface area contributed by atoms with E-state index in [4.69, 9.17) is 0 Å². The molecule has 1 aliphatic heterocycles. The van der Waals surface area contributed by atoms with Crippen LogP contribution < -0.4 is 5.32 Å². The SMILES string of the molecule is CC1CCN(C(=O)CNc2cc(S(C)(=O)=O)ccc2F)CC1. The number of nitrogens with one attached hydrogen (secondary N) is 1. The fourth-order valence-electron chi connectivity index (χ4n) is 2.41. The second kappa shape index (κ2) is 6.64. The number of nitrogens with zero attached hydrogens (tertiary/aromatic N) is 1. The predicted octanol–water partition coefficient (Wildman–Crippen LogP) is 1.90. The maximum absolute atomic E-state index is 13.7. The van der Waals surface area contributed by atoms with E-state index in [-0.39, 0.29) is 23.0 Å². The van der Waals surface area contributed by atoms with Gasteiger partial charge in [0.15, 0.2) is 9.84 Å². The van der Waals surface area contributed by atoms with Gasteiger partial charge >= 0.3 is 0 Å². The molecule has 5 nitrogen and oxygen atoms in total. The zero-order valence-electron chi connectivity index (χ0n) is 12.8. The van der Waals surface area contributed by atoms with Gasteiger partial charge in [0.1, 0.15) is 5.82 Å². The topological polar surface area (TPSA) is 66.5 Å². The average Bonchev–Trinajstić information content (AvgIpc) is 2.45. The third-order valence-electron chi connectivity index (χ3n) is 3.93. The molecule has 0 bridgehead atoms. The highest BCUT2D eigenvalue weighted by atomic mass is 32.2. The van der Waals surface area contributed by atoms with E-state index in [0.717, 1.165) is 25.2 Å². The van der Waals surface area contributed by atoms with Crippen LogP contribution in [0, 0.1) is 11.7 Å². The summed E-state index contributed by atoms with van der Waals surface area (Å²) in [5.41, 5.74) is 0.0293. The van der Waals surface area contributed by atoms with Crippen LogP contribution in [-0.4, -0.2) is 45.1 Å². The van der Waals surface area contributed by atoms with E-state index in [0.29, 0.717) is 19.0 Å². The van der Waals surface area contributed by atoms with Gasteiger partial charge in [0, 0.05) is 19.3 Å². The van der Waals surface area contributed by atoms with E-state index in [1.54, 1.807) is 4.90 Å². The maximum Gasteiger partial charge on any atom is 0.241 e. The Kier molecular flexibility index (Phi) is 5.05. The number of likely N-dealkylation sites (tertiary alicyclic amines) is 1. The highest BCUT2D eigenvalue weighted by molar-refractivity contribution is 7.90. The van der Waals surface area contributed by atoms with Crippen LogP contribution >= 0.6 is 0 Å². The summed E-state index contributed by atoms with van der Waals surface area (Å²) in [7, 11) is -3.41. The Hall–Kier alpha value is -1.63. The molecule has 1 heterocycles. The lowest BCUT2D eigenvalue weighted by Gasteiger charge is -2.30. The van der Waals surface area contributed by atoms with Gasteiger partial charge in [0.05, 0.1) is 17.1 Å². The lowest BCUT2D eigenvalue weighted by molar-refractivity contribution is -0.130. The molecule has 7 heteroatoms. The third-order valence-corrected chi connectivity index (χ3v) is 5.04. The summed E-state index contributed by atoms with van der Waals surface area (Å²) in [5.74, 6) is -0.0515. The highest BCUT2D eigenvalue weighted by Crippen LogP contribution is 2.20. The first-order valence-corrected chi connectivity index (χ1v) is 9.18. The molecule has 22 heavy (non-hydrogen) atoms. The van der Waals surface area contributed by atoms with Gasteiger partial charge in [-0.1, -0.05) is 6.92 Å². The summed E-state index contributed by atoms with van der Waals surface area (Å²) in [4.78, 5) is 13.9. The molecule has 0 atom stereocenters. The molecule has 0 unspecified atom stereocenters. The largest absolute Gasteiger partial charge is 0.374 e. The minimum Gasteiger partial charge on any atom is -0.374 e. The van der Waals surface area contributed by atoms with Crippen molar-refractivity contribution in [2.24, 2.45) is 5.92 Å². The number of hydrogen-bond acceptors (Lipinski definition) is 4. The normalized spacial score (nSPS) is 16.6. The number of hydrogen-bond donors (Lipinski definition) is 1. The summed E-state index contributed by atoms with van der Waals surface area (Å²) in [6.45, 7) is 3.55. The van der Waals surface area contributed by atoms with Gasteiger partial charge in [0.25, 0.3) is 0 Å². The lowest BCUT2D eigenvalue weighted by Crippen LogP contribution is -2.41. The number of benzene rings is 1. The average molecular weight is 328 g/mol. The van der Waals surface area contributed by atoms with Crippen molar-refractivity contribution < 1.29 is 17.6 Å². The van der Waals surface area contributed by atoms with Gasteiger partial charge in [-0.25, -0.2) is 12.8 Å². The van der Waals surface area contributed by atoms with Gasteiger partial charge in [-0.2, -0.15) is 0 Å². The minimum atomic E-state index is -3.41. The molecule has 0 aliphatic carbocycles. The first-order chi connectivity index (χ1) is 10.3. The van der Waals surface area contributed by atoms with Gasteiger partial charge in [0.2, 0.25) is 5.91 Å². The van der Waals surface area contributed by atoms with Crippen LogP contribution in [0.5, 0.6) is 0 Å². The molecule has 0 radical (unpaired) electrons. The van der Waals surface area contributed by atoms with Crippen molar-refractivity contribution >= 4 is 21.4 Å². The molecule has 1 aliphatic rings. The van der Waals surface area contributed by atoms with E-state index in [2.05, 4.69) is 12.2 Å². The Morgan fingerprint density at radius 3 is 2.59 bits per heavy atom. The van der Waals surface area contributed by atoms with Gasteiger partial charge in [-0.3, -0.25) is 4.79 Å². The molecule has 1 aromatic rings. The van der Waals surface area contributed by atoms with Crippen LogP contribution in [0.2, 0.25) is 0 Å². The Morgan fingerprint density at radius 2 is 2.00 bits per heavy atom. The predicted molar refractivity (Wildman–Crippen MR) is 83.0 cm³/mol. The Labute approximate surface area is 130 Å². The number of anilines is 1. The molecule has 1 N–H and O–H groups in total. The fraction of sp³-hybridized carbons (Fsp3) is 0.533. The quantitative estimate of drug-likeness (QED) is 0.857. The number of carbonyl (C=O) groups excluding carboxylic acids is 1. The third kappa shape index (κ3) is 4.19. The molecular formula is C15H21FN2O3S. The van der Waals surface area contributed by atoms with E-state index >= 15 is 0 Å². The zero-order valence-corrected chi connectivity index (χ0v) is 13.6. The van der Waals surface area contributed by atoms with E-state index < -0.39 is 15.7 Å². The molecule has 1 aromatic carbocycles. The zero-order chi connectivity index (χ0) is 16.3. The van der Waals surface area contributed by atoms with Crippen molar-refractivity contribution in [2.75, 3.05) is 31.2 Å². The van der Waals surface area contributed by atoms with Crippen molar-refractivity contribution in [1.29, 1.82) is 0 Å². The number of sulfone groups is 1. The van der Waals surface area contributed by atoms with Crippen molar-refractivity contribution in [3.63, 3.8) is 0 Å². The van der Waals surface area contributed by atoms with Crippen LogP contribution in [-0.2, 0) is 14.6 Å². The van der Waals surface area contributed by atoms with Crippen LogP contribution in [0.25, 0.3) is 0 Å². The minimum absolute atomic E-state index is 0.0237. The van der Waals surface area contributed by atoms with Crippen LogP contribution in [0.1, 0.15) is 19.8 Å². The summed E-state index contributed by atoms with van der Waals surface area (Å²) in [6.07, 6.45) is 3.01. The number of amides is 1. The van der Waals surface area contributed by atoms with E-state index in [9.17, 15) is 17.6 Å². The monoisotopic (exact) mass is 328 g/mol. The summed E-state index contributed by atoms with van der Waals surface area (Å²) >= 11 is 0. The molecule has 0 saturated carbocycles. The van der Waals surface area contributed by atoms with Crippen molar-refractivity contribution in [2.45, 2.75) is 24.7 Å². The van der Waals surface area contributed by atoms with Crippen LogP contribution in [0.3, 0.4) is 0 Å². The molecule has 1 saturated heterocycles. The second-order valence-corrected chi connectivity index (χ2v) is 7.85. The Morgan fingerprint density at radius 1 is 1.36 bits per heavy atom. The van der Waals surface area contributed by atoms with Crippen LogP contribution in [0.15, 0.2) is 23.1 Å². The Balaban J connectivity index is 2.00. The number of piperidine rings is 1. The Bertz CT molecular complexity index is 653. The standard InChI is InChI=1S/C15H21FN2O3S/c1-11-5-7-18(8-6-11)15(19)10-17-14-9-12(22(2,20)21)3-4-13(14)16/h3-4,9,11,17H,5-8,10H2,1-2H3. The van der Waals surface area contributed by atoms with Gasteiger partial charge in [-0.05, 0) is 37.0 Å². The number of halogens is 1. The molecule has 1 fully saturated rings. The van der Waals surface area contributed by atoms with Crippen molar-refractivity contribution in [3.8, 4) is 0 Å².